The van der Waals surface area contributed by atoms with E-state index in [2.05, 4.69) is 0 Å². The number of esters is 1. The fourth-order valence-corrected chi connectivity index (χ4v) is 5.18. The minimum atomic E-state index is -0.592. The van der Waals surface area contributed by atoms with Gasteiger partial charge in [-0.15, -0.1) is 23.5 Å². The van der Waals surface area contributed by atoms with Crippen molar-refractivity contribution < 1.29 is 19.2 Å². The molecule has 0 N–H and O–H groups in total. The highest BCUT2D eigenvalue weighted by molar-refractivity contribution is 8.19. The van der Waals surface area contributed by atoms with Crippen LogP contribution < -0.4 is 9.47 Å². The first-order chi connectivity index (χ1) is 12.1. The molecule has 2 aromatic rings. The lowest BCUT2D eigenvalue weighted by atomic mass is 10.2. The third kappa shape index (κ3) is 4.08. The molecular weight excluding hydrogens is 362 g/mol. The number of methoxy groups -OCH3 is 1. The molecule has 1 aliphatic heterocycles. The molecule has 1 aliphatic rings. The van der Waals surface area contributed by atoms with Crippen molar-refractivity contribution in [2.45, 2.75) is 4.58 Å². The summed E-state index contributed by atoms with van der Waals surface area (Å²) in [5.41, 5.74) is 1.28. The quantitative estimate of drug-likeness (QED) is 0.333. The fourth-order valence-electron chi connectivity index (χ4n) is 2.34. The maximum Gasteiger partial charge on any atom is 0.343 e. The van der Waals surface area contributed by atoms with Crippen LogP contribution >= 0.6 is 23.5 Å². The van der Waals surface area contributed by atoms with E-state index in [1.807, 2.05) is 35.7 Å². The first-order valence-electron chi connectivity index (χ1n) is 7.46. The van der Waals surface area contributed by atoms with Crippen molar-refractivity contribution in [3.63, 3.8) is 0 Å². The number of hydrogen-bond donors (Lipinski definition) is 0. The first kappa shape index (κ1) is 17.6. The molecule has 2 aromatic carbocycles. The van der Waals surface area contributed by atoms with Crippen LogP contribution in [0.1, 0.15) is 20.5 Å². The van der Waals surface area contributed by atoms with Crippen LogP contribution in [0.2, 0.25) is 0 Å². The highest BCUT2D eigenvalue weighted by Gasteiger charge is 2.21. The van der Waals surface area contributed by atoms with Crippen LogP contribution in [0, 0.1) is 10.1 Å². The second-order valence-corrected chi connectivity index (χ2v) is 7.90. The molecule has 3 rings (SSSR count). The zero-order chi connectivity index (χ0) is 17.8. The minimum Gasteiger partial charge on any atom is -0.493 e. The Morgan fingerprint density at radius 2 is 1.80 bits per heavy atom. The Bertz CT molecular complexity index is 788. The Morgan fingerprint density at radius 3 is 2.40 bits per heavy atom. The van der Waals surface area contributed by atoms with Crippen LogP contribution in [0.25, 0.3) is 0 Å². The summed E-state index contributed by atoms with van der Waals surface area (Å²) in [5.74, 6) is 2.46. The second kappa shape index (κ2) is 7.79. The number of nitro benzene ring substituents is 1. The standard InChI is InChI=1S/C17H15NO5S2/c1-22-15-10-12(17-24-8-9-25-17)4-7-14(15)23-16(19)11-2-5-13(6-3-11)18(20)21/h2-7,10,17H,8-9H2,1H3. The highest BCUT2D eigenvalue weighted by Crippen LogP contribution is 2.47. The fraction of sp³-hybridized carbons (Fsp3) is 0.235. The molecule has 0 atom stereocenters. The Kier molecular flexibility index (Phi) is 5.50. The number of carbonyl (C=O) groups is 1. The van der Waals surface area contributed by atoms with Gasteiger partial charge in [0.2, 0.25) is 0 Å². The second-order valence-electron chi connectivity index (χ2n) is 5.18. The van der Waals surface area contributed by atoms with Crippen LogP contribution in [-0.4, -0.2) is 29.5 Å². The predicted octanol–water partition coefficient (Wildman–Crippen LogP) is 4.30. The molecule has 130 valence electrons. The van der Waals surface area contributed by atoms with E-state index in [0.717, 1.165) is 17.1 Å². The number of carbonyl (C=O) groups excluding carboxylic acids is 1. The van der Waals surface area contributed by atoms with E-state index in [1.165, 1.54) is 31.4 Å². The topological polar surface area (TPSA) is 78.7 Å². The summed E-state index contributed by atoms with van der Waals surface area (Å²) in [7, 11) is 1.53. The Hall–Kier alpha value is -2.19. The number of non-ortho nitro benzene ring substituents is 1. The molecule has 6 nitrogen and oxygen atoms in total. The van der Waals surface area contributed by atoms with Gasteiger partial charge in [-0.05, 0) is 29.8 Å². The molecule has 0 aromatic heterocycles. The van der Waals surface area contributed by atoms with Crippen LogP contribution in [0.4, 0.5) is 5.69 Å². The Labute approximate surface area is 153 Å². The summed E-state index contributed by atoms with van der Waals surface area (Å²) in [6, 6.07) is 10.8. The maximum absolute atomic E-state index is 12.2. The SMILES string of the molecule is COc1cc(C2SCCS2)ccc1OC(=O)c1ccc([N+](=O)[O-])cc1. The summed E-state index contributed by atoms with van der Waals surface area (Å²) < 4.78 is 11.1. The number of nitrogens with zero attached hydrogens (tertiary/aromatic N) is 1. The lowest BCUT2D eigenvalue weighted by molar-refractivity contribution is -0.384. The van der Waals surface area contributed by atoms with E-state index in [0.29, 0.717) is 16.1 Å². The zero-order valence-electron chi connectivity index (χ0n) is 13.3. The van der Waals surface area contributed by atoms with Crippen molar-refractivity contribution >= 4 is 35.2 Å². The van der Waals surface area contributed by atoms with E-state index >= 15 is 0 Å². The summed E-state index contributed by atoms with van der Waals surface area (Å²) in [6.45, 7) is 0. The minimum absolute atomic E-state index is 0.0787. The predicted molar refractivity (Wildman–Crippen MR) is 98.7 cm³/mol. The molecule has 1 saturated heterocycles. The lowest BCUT2D eigenvalue weighted by Gasteiger charge is -2.13. The van der Waals surface area contributed by atoms with Gasteiger partial charge in [-0.25, -0.2) is 4.79 Å². The Morgan fingerprint density at radius 1 is 1.12 bits per heavy atom. The normalized spacial score (nSPS) is 14.3. The van der Waals surface area contributed by atoms with E-state index in [1.54, 1.807) is 6.07 Å². The van der Waals surface area contributed by atoms with Crippen molar-refractivity contribution in [2.75, 3.05) is 18.6 Å². The molecule has 1 heterocycles. The molecule has 0 unspecified atom stereocenters. The number of thioether (sulfide) groups is 2. The number of hydrogen-bond acceptors (Lipinski definition) is 7. The summed E-state index contributed by atoms with van der Waals surface area (Å²) in [5, 5.41) is 10.7. The van der Waals surface area contributed by atoms with Crippen LogP contribution in [0.15, 0.2) is 42.5 Å². The molecule has 0 spiro atoms. The summed E-state index contributed by atoms with van der Waals surface area (Å²) in [6.07, 6.45) is 0. The van der Waals surface area contributed by atoms with Crippen molar-refractivity contribution in [1.82, 2.24) is 0 Å². The van der Waals surface area contributed by atoms with Gasteiger partial charge in [0.1, 0.15) is 0 Å². The number of benzene rings is 2. The van der Waals surface area contributed by atoms with Gasteiger partial charge in [0.05, 0.1) is 22.2 Å². The largest absolute Gasteiger partial charge is 0.493 e. The molecule has 25 heavy (non-hydrogen) atoms. The molecule has 0 aliphatic carbocycles. The van der Waals surface area contributed by atoms with Gasteiger partial charge >= 0.3 is 5.97 Å². The third-order valence-electron chi connectivity index (χ3n) is 3.60. The monoisotopic (exact) mass is 377 g/mol. The van der Waals surface area contributed by atoms with E-state index in [-0.39, 0.29) is 11.3 Å². The molecule has 1 fully saturated rings. The average molecular weight is 377 g/mol. The van der Waals surface area contributed by atoms with Gasteiger partial charge in [-0.2, -0.15) is 0 Å². The van der Waals surface area contributed by atoms with E-state index < -0.39 is 10.9 Å². The average Bonchev–Trinajstić information content (AvgIpc) is 3.16. The molecule has 0 saturated carbocycles. The van der Waals surface area contributed by atoms with E-state index in [9.17, 15) is 14.9 Å². The maximum atomic E-state index is 12.2. The van der Waals surface area contributed by atoms with Gasteiger partial charge in [-0.1, -0.05) is 6.07 Å². The zero-order valence-corrected chi connectivity index (χ0v) is 15.0. The van der Waals surface area contributed by atoms with Crippen LogP contribution in [0.3, 0.4) is 0 Å². The summed E-state index contributed by atoms with van der Waals surface area (Å²) in [4.78, 5) is 22.4. The smallest absolute Gasteiger partial charge is 0.343 e. The molecular formula is C17H15NO5S2. The molecule has 8 heteroatoms. The van der Waals surface area contributed by atoms with Gasteiger partial charge < -0.3 is 9.47 Å². The highest BCUT2D eigenvalue weighted by atomic mass is 32.2. The van der Waals surface area contributed by atoms with Gasteiger partial charge in [0.25, 0.3) is 5.69 Å². The molecule has 0 radical (unpaired) electrons. The lowest BCUT2D eigenvalue weighted by Crippen LogP contribution is -2.09. The number of rotatable bonds is 5. The molecule has 0 bridgehead atoms. The van der Waals surface area contributed by atoms with Gasteiger partial charge in [0.15, 0.2) is 11.5 Å². The third-order valence-corrected chi connectivity index (χ3v) is 6.70. The molecule has 0 amide bonds. The van der Waals surface area contributed by atoms with Crippen LogP contribution in [0.5, 0.6) is 11.5 Å². The van der Waals surface area contributed by atoms with Gasteiger partial charge in [-0.3, -0.25) is 10.1 Å². The van der Waals surface area contributed by atoms with Crippen molar-refractivity contribution in [1.29, 1.82) is 0 Å². The number of nitro groups is 1. The van der Waals surface area contributed by atoms with Crippen molar-refractivity contribution in [2.24, 2.45) is 0 Å². The van der Waals surface area contributed by atoms with Crippen LogP contribution in [-0.2, 0) is 0 Å². The summed E-state index contributed by atoms with van der Waals surface area (Å²) >= 11 is 3.76. The van der Waals surface area contributed by atoms with E-state index in [4.69, 9.17) is 9.47 Å². The first-order valence-corrected chi connectivity index (χ1v) is 9.56. The number of ether oxygens (including phenoxy) is 2. The Balaban J connectivity index is 1.77. The van der Waals surface area contributed by atoms with Gasteiger partial charge in [0, 0.05) is 23.6 Å². The van der Waals surface area contributed by atoms with Crippen molar-refractivity contribution in [3.05, 3.63) is 63.7 Å². The van der Waals surface area contributed by atoms with Crippen molar-refractivity contribution in [3.8, 4) is 11.5 Å².